The summed E-state index contributed by atoms with van der Waals surface area (Å²) in [6.45, 7) is 2.78. The third-order valence-corrected chi connectivity index (χ3v) is 10.5. The number of halogens is 3. The summed E-state index contributed by atoms with van der Waals surface area (Å²) in [4.78, 5) is 24.1. The van der Waals surface area contributed by atoms with E-state index in [4.69, 9.17) is 26.1 Å². The summed E-state index contributed by atoms with van der Waals surface area (Å²) in [6, 6.07) is 13.8. The molecule has 1 saturated heterocycles. The molecular weight excluding hydrogens is 682 g/mol. The number of carbonyl (C=O) groups excluding carboxylic acids is 1. The van der Waals surface area contributed by atoms with E-state index >= 15 is 0 Å². The number of nitrogens with zero attached hydrogens (tertiary/aromatic N) is 4. The highest BCUT2D eigenvalue weighted by Crippen LogP contribution is 2.45. The Balaban J connectivity index is 1.23. The van der Waals surface area contributed by atoms with Gasteiger partial charge in [0.25, 0.3) is 6.43 Å². The molecule has 11 nitrogen and oxygen atoms in total. The first-order chi connectivity index (χ1) is 24.5. The smallest absolute Gasteiger partial charge is 0.326 e. The first kappa shape index (κ1) is 35.0. The standard InChI is InChI=1S/C37H39ClF2N6O5/c1-18-20(7-6-10-23(18)42-34-31-28(16-27(43-34)33(39)40)45(2)37(49)46(3)36(31)48)21-8-5-9-22(32(21)38)26-15-19-11-12-25(30(19)35(44-26)50-4)41-24-13-14-51-17-29(24)47/h5-10,15-16,24-25,29,33,36,41,47-48H,11-14,17H2,1-4H3,(H,42,43). The molecule has 51 heavy (non-hydrogen) atoms. The van der Waals surface area contributed by atoms with Gasteiger partial charge in [-0.05, 0) is 61.1 Å². The SMILES string of the molecule is COc1nc(-c2cccc(-c3cccc(Nc4nc(C(F)F)cc5c4C(O)N(C)C(=O)N5C)c3C)c2Cl)cc2c1C(NC1CCOCC1O)CC2. The lowest BCUT2D eigenvalue weighted by Gasteiger charge is -2.37. The number of rotatable bonds is 8. The second kappa shape index (κ2) is 14.0. The van der Waals surface area contributed by atoms with Crippen molar-refractivity contribution < 1.29 is 33.3 Å². The normalized spacial score (nSPS) is 21.6. The fourth-order valence-corrected chi connectivity index (χ4v) is 7.63. The van der Waals surface area contributed by atoms with Crippen molar-refractivity contribution >= 4 is 34.8 Å². The average Bonchev–Trinajstić information content (AvgIpc) is 3.53. The zero-order valence-corrected chi connectivity index (χ0v) is 29.3. The predicted octanol–water partition coefficient (Wildman–Crippen LogP) is 6.68. The van der Waals surface area contributed by atoms with Crippen molar-refractivity contribution in [3.63, 3.8) is 0 Å². The van der Waals surface area contributed by atoms with Crippen molar-refractivity contribution in [2.24, 2.45) is 0 Å². The summed E-state index contributed by atoms with van der Waals surface area (Å²) < 4.78 is 39.2. The van der Waals surface area contributed by atoms with Crippen molar-refractivity contribution in [3.8, 4) is 28.3 Å². The Bertz CT molecular complexity index is 2000. The van der Waals surface area contributed by atoms with Crippen LogP contribution in [0.1, 0.15) is 59.5 Å². The van der Waals surface area contributed by atoms with Crippen molar-refractivity contribution in [2.75, 3.05) is 44.6 Å². The number of ether oxygens (including phenoxy) is 2. The molecule has 1 fully saturated rings. The van der Waals surface area contributed by atoms with Crippen LogP contribution in [0.3, 0.4) is 0 Å². The van der Waals surface area contributed by atoms with E-state index in [1.807, 2.05) is 43.3 Å². The number of amides is 2. The Kier molecular flexibility index (Phi) is 9.59. The Morgan fingerprint density at radius 1 is 1.04 bits per heavy atom. The summed E-state index contributed by atoms with van der Waals surface area (Å²) in [7, 11) is 4.49. The van der Waals surface area contributed by atoms with Crippen molar-refractivity contribution in [2.45, 2.75) is 57.0 Å². The second-order valence-corrected chi connectivity index (χ2v) is 13.5. The summed E-state index contributed by atoms with van der Waals surface area (Å²) >= 11 is 7.17. The maximum atomic E-state index is 14.0. The highest BCUT2D eigenvalue weighted by atomic mass is 35.5. The minimum Gasteiger partial charge on any atom is -0.481 e. The summed E-state index contributed by atoms with van der Waals surface area (Å²) in [6.07, 6.45) is -2.52. The number of aromatic nitrogens is 2. The van der Waals surface area contributed by atoms with E-state index in [2.05, 4.69) is 15.6 Å². The highest BCUT2D eigenvalue weighted by Gasteiger charge is 2.37. The van der Waals surface area contributed by atoms with Gasteiger partial charge in [0, 0.05) is 55.2 Å². The minimum absolute atomic E-state index is 0.00940. The molecule has 0 saturated carbocycles. The molecule has 14 heteroatoms. The Morgan fingerprint density at radius 3 is 2.53 bits per heavy atom. The molecule has 4 unspecified atom stereocenters. The van der Waals surface area contributed by atoms with Gasteiger partial charge in [0.2, 0.25) is 5.88 Å². The van der Waals surface area contributed by atoms with Gasteiger partial charge in [-0.2, -0.15) is 0 Å². The van der Waals surface area contributed by atoms with Crippen LogP contribution in [0.25, 0.3) is 22.4 Å². The van der Waals surface area contributed by atoms with Crippen LogP contribution >= 0.6 is 11.6 Å². The molecule has 4 N–H and O–H groups in total. The molecule has 7 rings (SSSR count). The molecule has 2 aliphatic heterocycles. The van der Waals surface area contributed by atoms with Crippen LogP contribution in [-0.2, 0) is 11.2 Å². The van der Waals surface area contributed by atoms with Crippen LogP contribution in [0.4, 0.5) is 30.8 Å². The Hall–Kier alpha value is -4.40. The van der Waals surface area contributed by atoms with Crippen molar-refractivity contribution in [1.82, 2.24) is 20.2 Å². The number of aryl methyl sites for hydroxylation is 1. The van der Waals surface area contributed by atoms with Crippen LogP contribution < -0.4 is 20.3 Å². The number of pyridine rings is 2. The Morgan fingerprint density at radius 2 is 1.78 bits per heavy atom. The largest absolute Gasteiger partial charge is 0.481 e. The first-order valence-corrected chi connectivity index (χ1v) is 17.1. The fourth-order valence-electron chi connectivity index (χ4n) is 7.31. The highest BCUT2D eigenvalue weighted by molar-refractivity contribution is 6.36. The van der Waals surface area contributed by atoms with Gasteiger partial charge in [0.05, 0.1) is 41.8 Å². The van der Waals surface area contributed by atoms with Crippen LogP contribution in [-0.4, -0.2) is 77.7 Å². The molecule has 0 bridgehead atoms. The molecule has 268 valence electrons. The molecule has 0 radical (unpaired) electrons. The van der Waals surface area contributed by atoms with Gasteiger partial charge in [-0.25, -0.2) is 23.5 Å². The van der Waals surface area contributed by atoms with E-state index in [0.29, 0.717) is 41.1 Å². The number of anilines is 3. The van der Waals surface area contributed by atoms with E-state index in [0.717, 1.165) is 58.0 Å². The number of fused-ring (bicyclic) bond motifs is 2. The third kappa shape index (κ3) is 6.27. The van der Waals surface area contributed by atoms with Gasteiger partial charge in [-0.15, -0.1) is 0 Å². The lowest BCUT2D eigenvalue weighted by Crippen LogP contribution is -2.47. The molecule has 2 aromatic heterocycles. The van der Waals surface area contributed by atoms with Crippen molar-refractivity contribution in [1.29, 1.82) is 0 Å². The lowest BCUT2D eigenvalue weighted by atomic mass is 9.95. The molecule has 0 spiro atoms. The van der Waals surface area contributed by atoms with E-state index in [1.54, 1.807) is 13.2 Å². The van der Waals surface area contributed by atoms with Crippen LogP contribution in [0, 0.1) is 6.92 Å². The third-order valence-electron chi connectivity index (χ3n) is 10.1. The molecule has 4 aromatic rings. The number of aliphatic hydroxyl groups is 2. The molecule has 4 atom stereocenters. The minimum atomic E-state index is -2.90. The van der Waals surface area contributed by atoms with Gasteiger partial charge in [-0.1, -0.05) is 41.9 Å². The average molecular weight is 721 g/mol. The number of hydrogen-bond acceptors (Lipinski definition) is 9. The number of methoxy groups -OCH3 is 1. The van der Waals surface area contributed by atoms with Gasteiger partial charge in [0.15, 0.2) is 6.23 Å². The second-order valence-electron chi connectivity index (χ2n) is 13.1. The van der Waals surface area contributed by atoms with Crippen LogP contribution in [0.15, 0.2) is 48.5 Å². The predicted molar refractivity (Wildman–Crippen MR) is 190 cm³/mol. The number of nitrogens with one attached hydrogen (secondary N) is 2. The number of alkyl halides is 2. The monoisotopic (exact) mass is 720 g/mol. The maximum Gasteiger partial charge on any atom is 0.326 e. The van der Waals surface area contributed by atoms with Crippen molar-refractivity contribution in [3.05, 3.63) is 81.5 Å². The molecule has 2 aromatic carbocycles. The molecule has 2 amide bonds. The molecular formula is C37H39ClF2N6O5. The quantitative estimate of drug-likeness (QED) is 0.157. The fraction of sp³-hybridized carbons (Fsp3) is 0.378. The van der Waals surface area contributed by atoms with Crippen LogP contribution in [0.5, 0.6) is 5.88 Å². The van der Waals surface area contributed by atoms with Crippen LogP contribution in [0.2, 0.25) is 5.02 Å². The first-order valence-electron chi connectivity index (χ1n) is 16.8. The van der Waals surface area contributed by atoms with Gasteiger partial charge in [-0.3, -0.25) is 9.80 Å². The number of urea groups is 1. The molecule has 1 aliphatic carbocycles. The summed E-state index contributed by atoms with van der Waals surface area (Å²) in [5, 5.41) is 28.7. The van der Waals surface area contributed by atoms with Gasteiger partial charge < -0.3 is 30.3 Å². The van der Waals surface area contributed by atoms with E-state index in [-0.39, 0.29) is 29.2 Å². The summed E-state index contributed by atoms with van der Waals surface area (Å²) in [5.41, 5.74) is 6.08. The topological polar surface area (TPSA) is 132 Å². The van der Waals surface area contributed by atoms with E-state index in [9.17, 15) is 23.8 Å². The maximum absolute atomic E-state index is 14.0. The lowest BCUT2D eigenvalue weighted by molar-refractivity contribution is -0.0304. The zero-order chi connectivity index (χ0) is 36.1. The number of benzene rings is 2. The zero-order valence-electron chi connectivity index (χ0n) is 28.6. The number of hydrogen-bond donors (Lipinski definition) is 4. The Labute approximate surface area is 299 Å². The van der Waals surface area contributed by atoms with Gasteiger partial charge >= 0.3 is 6.03 Å². The van der Waals surface area contributed by atoms with Gasteiger partial charge in [0.1, 0.15) is 11.5 Å². The molecule has 3 aliphatic rings. The van der Waals surface area contributed by atoms with E-state index in [1.165, 1.54) is 19.0 Å². The summed E-state index contributed by atoms with van der Waals surface area (Å²) in [5.74, 6) is 0.514. The number of carbonyl (C=O) groups is 1. The number of aliphatic hydroxyl groups excluding tert-OH is 2. The van der Waals surface area contributed by atoms with E-state index < -0.39 is 30.5 Å². The molecule has 4 heterocycles.